The van der Waals surface area contributed by atoms with E-state index in [2.05, 4.69) is 10.6 Å². The Morgan fingerprint density at radius 3 is 1.61 bits per heavy atom. The molecular formula is C23H26N2O5S. The van der Waals surface area contributed by atoms with E-state index in [-0.39, 0.29) is 34.2 Å². The lowest BCUT2D eigenvalue weighted by Gasteiger charge is -2.15. The molecule has 0 spiro atoms. The first-order valence-corrected chi connectivity index (χ1v) is 10.2. The fraction of sp³-hybridized carbons (Fsp3) is 0.304. The molecule has 0 saturated heterocycles. The molecule has 0 saturated carbocycles. The summed E-state index contributed by atoms with van der Waals surface area (Å²) in [7, 11) is 0. The van der Waals surface area contributed by atoms with Crippen molar-refractivity contribution < 1.29 is 23.9 Å². The molecule has 0 unspecified atom stereocenters. The second-order valence-corrected chi connectivity index (χ2v) is 7.83. The predicted octanol–water partition coefficient (Wildman–Crippen LogP) is 4.83. The van der Waals surface area contributed by atoms with E-state index < -0.39 is 11.9 Å². The summed E-state index contributed by atoms with van der Waals surface area (Å²) in [5.74, 6) is -1.15. The summed E-state index contributed by atoms with van der Waals surface area (Å²) in [6.07, 6.45) is -0.619. The fourth-order valence-electron chi connectivity index (χ4n) is 2.58. The van der Waals surface area contributed by atoms with Crippen molar-refractivity contribution >= 4 is 46.4 Å². The Hall–Kier alpha value is -3.26. The molecule has 0 atom stereocenters. The highest BCUT2D eigenvalue weighted by Crippen LogP contribution is 2.19. The molecule has 0 radical (unpaired) electrons. The van der Waals surface area contributed by atoms with Gasteiger partial charge in [0, 0.05) is 16.9 Å². The zero-order valence-corrected chi connectivity index (χ0v) is 19.0. The van der Waals surface area contributed by atoms with Crippen molar-refractivity contribution in [2.75, 3.05) is 10.6 Å². The van der Waals surface area contributed by atoms with Crippen molar-refractivity contribution in [1.29, 1.82) is 0 Å². The first kappa shape index (κ1) is 24.0. The maximum atomic E-state index is 12.4. The number of hydrogen-bond donors (Lipinski definition) is 2. The maximum absolute atomic E-state index is 12.4. The number of anilines is 2. The SMILES string of the molecule is CC(=O)c1ccc(NC(=S)Nc2cc(C(=O)OC(C)C)cc(C(=O)OC(C)C)c2)cc1. The van der Waals surface area contributed by atoms with E-state index in [4.69, 9.17) is 21.7 Å². The highest BCUT2D eigenvalue weighted by molar-refractivity contribution is 7.80. The van der Waals surface area contributed by atoms with Crippen LogP contribution in [0.4, 0.5) is 11.4 Å². The van der Waals surface area contributed by atoms with Crippen molar-refractivity contribution in [2.24, 2.45) is 0 Å². The van der Waals surface area contributed by atoms with Gasteiger partial charge in [-0.05, 0) is 89.3 Å². The molecule has 0 aliphatic rings. The summed E-state index contributed by atoms with van der Waals surface area (Å²) in [4.78, 5) is 36.2. The number of ether oxygens (including phenoxy) is 2. The van der Waals surface area contributed by atoms with Crippen LogP contribution in [0.2, 0.25) is 0 Å². The van der Waals surface area contributed by atoms with Gasteiger partial charge >= 0.3 is 11.9 Å². The Labute approximate surface area is 187 Å². The molecule has 164 valence electrons. The van der Waals surface area contributed by atoms with Gasteiger partial charge in [-0.3, -0.25) is 4.79 Å². The number of Topliss-reactive ketones (excluding diaryl/α,β-unsaturated/α-hetero) is 1. The first-order valence-electron chi connectivity index (χ1n) is 9.81. The molecule has 2 aromatic rings. The van der Waals surface area contributed by atoms with E-state index in [1.165, 1.54) is 13.0 Å². The van der Waals surface area contributed by atoms with Crippen LogP contribution < -0.4 is 10.6 Å². The zero-order valence-electron chi connectivity index (χ0n) is 18.1. The van der Waals surface area contributed by atoms with Gasteiger partial charge in [-0.1, -0.05) is 0 Å². The van der Waals surface area contributed by atoms with E-state index >= 15 is 0 Å². The molecule has 0 fully saturated rings. The summed E-state index contributed by atoms with van der Waals surface area (Å²) in [5.41, 5.74) is 2.09. The van der Waals surface area contributed by atoms with Crippen LogP contribution in [-0.2, 0) is 9.47 Å². The molecule has 31 heavy (non-hydrogen) atoms. The highest BCUT2D eigenvalue weighted by Gasteiger charge is 2.17. The average molecular weight is 443 g/mol. The van der Waals surface area contributed by atoms with Gasteiger partial charge in [0.2, 0.25) is 0 Å². The standard InChI is InChI=1S/C23H26N2O5S/c1-13(2)29-21(27)17-10-18(22(28)30-14(3)4)12-20(11-17)25-23(31)24-19-8-6-16(7-9-19)15(5)26/h6-14H,1-5H3,(H2,24,25,31). The quantitative estimate of drug-likeness (QED) is 0.358. The van der Waals surface area contributed by atoms with E-state index in [0.29, 0.717) is 16.9 Å². The number of hydrogen-bond acceptors (Lipinski definition) is 6. The Bertz CT molecular complexity index is 944. The largest absolute Gasteiger partial charge is 0.459 e. The second kappa shape index (κ2) is 10.7. The molecule has 8 heteroatoms. The van der Waals surface area contributed by atoms with Crippen LogP contribution in [-0.4, -0.2) is 35.0 Å². The van der Waals surface area contributed by atoms with E-state index in [9.17, 15) is 14.4 Å². The first-order chi connectivity index (χ1) is 14.5. The number of thiocarbonyl (C=S) groups is 1. The molecule has 0 heterocycles. The Kier molecular flexibility index (Phi) is 8.27. The van der Waals surface area contributed by atoms with E-state index in [0.717, 1.165) is 0 Å². The number of carbonyl (C=O) groups excluding carboxylic acids is 3. The number of esters is 2. The zero-order chi connectivity index (χ0) is 23.1. The van der Waals surface area contributed by atoms with E-state index in [1.54, 1.807) is 64.1 Å². The van der Waals surface area contributed by atoms with Crippen LogP contribution in [0.15, 0.2) is 42.5 Å². The molecule has 0 aliphatic carbocycles. The van der Waals surface area contributed by atoms with Gasteiger partial charge < -0.3 is 20.1 Å². The second-order valence-electron chi connectivity index (χ2n) is 7.42. The summed E-state index contributed by atoms with van der Waals surface area (Å²) in [6.45, 7) is 8.46. The van der Waals surface area contributed by atoms with Crippen LogP contribution >= 0.6 is 12.2 Å². The van der Waals surface area contributed by atoms with Crippen molar-refractivity contribution in [1.82, 2.24) is 0 Å². The van der Waals surface area contributed by atoms with Gasteiger partial charge in [0.25, 0.3) is 0 Å². The maximum Gasteiger partial charge on any atom is 0.338 e. The average Bonchev–Trinajstić information content (AvgIpc) is 2.67. The molecule has 7 nitrogen and oxygen atoms in total. The van der Waals surface area contributed by atoms with Gasteiger partial charge in [-0.2, -0.15) is 0 Å². The molecule has 2 aromatic carbocycles. The highest BCUT2D eigenvalue weighted by atomic mass is 32.1. The Morgan fingerprint density at radius 2 is 1.19 bits per heavy atom. The monoisotopic (exact) mass is 442 g/mol. The number of benzene rings is 2. The molecule has 0 amide bonds. The minimum Gasteiger partial charge on any atom is -0.459 e. The van der Waals surface area contributed by atoms with Crippen molar-refractivity contribution in [2.45, 2.75) is 46.8 Å². The third-order valence-electron chi connectivity index (χ3n) is 3.90. The normalized spacial score (nSPS) is 10.5. The molecule has 0 aliphatic heterocycles. The van der Waals surface area contributed by atoms with Gasteiger partial charge in [-0.15, -0.1) is 0 Å². The molecule has 0 aromatic heterocycles. The lowest BCUT2D eigenvalue weighted by atomic mass is 10.1. The lowest BCUT2D eigenvalue weighted by molar-refractivity contribution is 0.0377. The molecule has 2 rings (SSSR count). The van der Waals surface area contributed by atoms with Crippen molar-refractivity contribution in [3.63, 3.8) is 0 Å². The molecule has 0 bridgehead atoms. The molecular weight excluding hydrogens is 416 g/mol. The minimum absolute atomic E-state index is 0.0295. The summed E-state index contributed by atoms with van der Waals surface area (Å²) >= 11 is 5.34. The Morgan fingerprint density at radius 1 is 0.742 bits per heavy atom. The lowest BCUT2D eigenvalue weighted by Crippen LogP contribution is -2.20. The third-order valence-corrected chi connectivity index (χ3v) is 4.10. The van der Waals surface area contributed by atoms with Gasteiger partial charge in [0.15, 0.2) is 10.9 Å². The smallest absolute Gasteiger partial charge is 0.338 e. The van der Waals surface area contributed by atoms with Crippen molar-refractivity contribution in [3.8, 4) is 0 Å². The van der Waals surface area contributed by atoms with E-state index in [1.807, 2.05) is 0 Å². The Balaban J connectivity index is 2.24. The van der Waals surface area contributed by atoms with Crippen molar-refractivity contribution in [3.05, 3.63) is 59.2 Å². The van der Waals surface area contributed by atoms with Crippen LogP contribution in [0, 0.1) is 0 Å². The van der Waals surface area contributed by atoms with Gasteiger partial charge in [0.1, 0.15) is 0 Å². The van der Waals surface area contributed by atoms with Gasteiger partial charge in [-0.25, -0.2) is 9.59 Å². The number of nitrogens with one attached hydrogen (secondary N) is 2. The van der Waals surface area contributed by atoms with Crippen LogP contribution in [0.3, 0.4) is 0 Å². The summed E-state index contributed by atoms with van der Waals surface area (Å²) < 4.78 is 10.5. The topological polar surface area (TPSA) is 93.7 Å². The van der Waals surface area contributed by atoms with Crippen LogP contribution in [0.25, 0.3) is 0 Å². The summed E-state index contributed by atoms with van der Waals surface area (Å²) in [6, 6.07) is 11.4. The van der Waals surface area contributed by atoms with Crippen LogP contribution in [0.5, 0.6) is 0 Å². The summed E-state index contributed by atoms with van der Waals surface area (Å²) in [5, 5.41) is 6.20. The third kappa shape index (κ3) is 7.49. The molecule has 2 N–H and O–H groups in total. The number of ketones is 1. The predicted molar refractivity (Wildman–Crippen MR) is 124 cm³/mol. The van der Waals surface area contributed by atoms with Crippen LogP contribution in [0.1, 0.15) is 65.7 Å². The fourth-order valence-corrected chi connectivity index (χ4v) is 2.82. The van der Waals surface area contributed by atoms with Gasteiger partial charge in [0.05, 0.1) is 23.3 Å². The number of carbonyl (C=O) groups is 3. The number of rotatable bonds is 7. The minimum atomic E-state index is -0.559.